The SMILES string of the molecule is O=C(O)CN(Cc1cc2ccccc2o1)CC1CC1. The highest BCUT2D eigenvalue weighted by Crippen LogP contribution is 2.30. The fourth-order valence-corrected chi connectivity index (χ4v) is 2.38. The highest BCUT2D eigenvalue weighted by molar-refractivity contribution is 5.77. The topological polar surface area (TPSA) is 53.7 Å². The summed E-state index contributed by atoms with van der Waals surface area (Å²) < 4.78 is 5.75. The minimum Gasteiger partial charge on any atom is -0.480 e. The third kappa shape index (κ3) is 3.15. The van der Waals surface area contributed by atoms with Crippen LogP contribution in [0.3, 0.4) is 0 Å². The lowest BCUT2D eigenvalue weighted by Crippen LogP contribution is -2.31. The van der Waals surface area contributed by atoms with E-state index < -0.39 is 5.97 Å². The van der Waals surface area contributed by atoms with E-state index in [1.54, 1.807) is 0 Å². The Hall–Kier alpha value is -1.81. The summed E-state index contributed by atoms with van der Waals surface area (Å²) >= 11 is 0. The Morgan fingerprint density at radius 3 is 2.84 bits per heavy atom. The molecule has 1 heterocycles. The number of carboxylic acid groups (broad SMARTS) is 1. The molecule has 19 heavy (non-hydrogen) atoms. The van der Waals surface area contributed by atoms with Gasteiger partial charge in [0.25, 0.3) is 0 Å². The monoisotopic (exact) mass is 259 g/mol. The van der Waals surface area contributed by atoms with Crippen molar-refractivity contribution in [3.8, 4) is 0 Å². The molecule has 100 valence electrons. The van der Waals surface area contributed by atoms with E-state index in [0.717, 1.165) is 23.3 Å². The molecule has 0 unspecified atom stereocenters. The average Bonchev–Trinajstić information content (AvgIpc) is 3.06. The maximum Gasteiger partial charge on any atom is 0.317 e. The molecule has 0 spiro atoms. The molecule has 4 nitrogen and oxygen atoms in total. The van der Waals surface area contributed by atoms with Gasteiger partial charge in [-0.3, -0.25) is 9.69 Å². The van der Waals surface area contributed by atoms with Gasteiger partial charge in [0.15, 0.2) is 0 Å². The highest BCUT2D eigenvalue weighted by atomic mass is 16.4. The van der Waals surface area contributed by atoms with Crippen molar-refractivity contribution in [2.75, 3.05) is 13.1 Å². The number of carboxylic acids is 1. The third-order valence-corrected chi connectivity index (χ3v) is 3.43. The normalized spacial score (nSPS) is 15.2. The first-order chi connectivity index (χ1) is 9.20. The smallest absolute Gasteiger partial charge is 0.317 e. The zero-order valence-electron chi connectivity index (χ0n) is 10.7. The molecule has 0 saturated heterocycles. The summed E-state index contributed by atoms with van der Waals surface area (Å²) in [5, 5.41) is 10.0. The molecule has 4 heteroatoms. The molecule has 0 radical (unpaired) electrons. The number of carbonyl (C=O) groups is 1. The predicted octanol–water partition coefficient (Wildman–Crippen LogP) is 2.73. The Morgan fingerprint density at radius 1 is 1.37 bits per heavy atom. The average molecular weight is 259 g/mol. The van der Waals surface area contributed by atoms with Crippen LogP contribution in [0.1, 0.15) is 18.6 Å². The number of rotatable bonds is 6. The van der Waals surface area contributed by atoms with Crippen molar-refractivity contribution in [1.29, 1.82) is 0 Å². The molecule has 1 aliphatic carbocycles. The van der Waals surface area contributed by atoms with E-state index in [1.165, 1.54) is 12.8 Å². The van der Waals surface area contributed by atoms with Crippen molar-refractivity contribution in [3.63, 3.8) is 0 Å². The van der Waals surface area contributed by atoms with E-state index in [9.17, 15) is 4.79 Å². The van der Waals surface area contributed by atoms with Gasteiger partial charge >= 0.3 is 5.97 Å². The first kappa shape index (κ1) is 12.2. The number of benzene rings is 1. The summed E-state index contributed by atoms with van der Waals surface area (Å²) in [5.74, 6) is 0.726. The molecule has 1 N–H and O–H groups in total. The van der Waals surface area contributed by atoms with Crippen LogP contribution < -0.4 is 0 Å². The number of nitrogens with zero attached hydrogens (tertiary/aromatic N) is 1. The van der Waals surface area contributed by atoms with Crippen molar-refractivity contribution in [3.05, 3.63) is 36.1 Å². The van der Waals surface area contributed by atoms with E-state index in [1.807, 2.05) is 35.2 Å². The second-order valence-electron chi connectivity index (χ2n) is 5.26. The number of fused-ring (bicyclic) bond motifs is 1. The van der Waals surface area contributed by atoms with Gasteiger partial charge in [0, 0.05) is 11.9 Å². The third-order valence-electron chi connectivity index (χ3n) is 3.43. The zero-order valence-corrected chi connectivity index (χ0v) is 10.7. The second kappa shape index (κ2) is 5.05. The molecule has 0 aliphatic heterocycles. The van der Waals surface area contributed by atoms with Crippen molar-refractivity contribution >= 4 is 16.9 Å². The lowest BCUT2D eigenvalue weighted by Gasteiger charge is -2.18. The van der Waals surface area contributed by atoms with Gasteiger partial charge in [-0.15, -0.1) is 0 Å². The van der Waals surface area contributed by atoms with Gasteiger partial charge in [0.05, 0.1) is 13.1 Å². The largest absolute Gasteiger partial charge is 0.480 e. The van der Waals surface area contributed by atoms with E-state index in [2.05, 4.69) is 0 Å². The first-order valence-corrected chi connectivity index (χ1v) is 6.62. The van der Waals surface area contributed by atoms with E-state index in [-0.39, 0.29) is 6.54 Å². The van der Waals surface area contributed by atoms with Crippen LogP contribution >= 0.6 is 0 Å². The van der Waals surface area contributed by atoms with Gasteiger partial charge in [-0.25, -0.2) is 0 Å². The fourth-order valence-electron chi connectivity index (χ4n) is 2.38. The summed E-state index contributed by atoms with van der Waals surface area (Å²) in [6.07, 6.45) is 2.44. The van der Waals surface area contributed by atoms with Gasteiger partial charge in [0.1, 0.15) is 11.3 Å². The Labute approximate surface area is 111 Å². The van der Waals surface area contributed by atoms with Crippen LogP contribution in [-0.4, -0.2) is 29.1 Å². The molecule has 1 saturated carbocycles. The van der Waals surface area contributed by atoms with Gasteiger partial charge in [0.2, 0.25) is 0 Å². The van der Waals surface area contributed by atoms with Crippen molar-refractivity contribution < 1.29 is 14.3 Å². The van der Waals surface area contributed by atoms with Crippen LogP contribution in [0.5, 0.6) is 0 Å². The minimum atomic E-state index is -0.781. The van der Waals surface area contributed by atoms with Crippen LogP contribution in [0, 0.1) is 5.92 Å². The standard InChI is InChI=1S/C15H17NO3/c17-15(18)10-16(8-11-5-6-11)9-13-7-12-3-1-2-4-14(12)19-13/h1-4,7,11H,5-6,8-10H2,(H,17,18). The molecular formula is C15H17NO3. The fraction of sp³-hybridized carbons (Fsp3) is 0.400. The summed E-state index contributed by atoms with van der Waals surface area (Å²) in [5.41, 5.74) is 0.860. The van der Waals surface area contributed by atoms with Crippen molar-refractivity contribution in [1.82, 2.24) is 4.90 Å². The maximum absolute atomic E-state index is 10.9. The van der Waals surface area contributed by atoms with E-state index in [4.69, 9.17) is 9.52 Å². The molecule has 3 rings (SSSR count). The highest BCUT2D eigenvalue weighted by Gasteiger charge is 2.25. The van der Waals surface area contributed by atoms with Crippen LogP contribution in [0.2, 0.25) is 0 Å². The molecule has 0 bridgehead atoms. The van der Waals surface area contributed by atoms with Crippen LogP contribution in [0.4, 0.5) is 0 Å². The molecule has 1 aromatic heterocycles. The molecule has 0 amide bonds. The molecule has 1 aliphatic rings. The zero-order chi connectivity index (χ0) is 13.2. The second-order valence-corrected chi connectivity index (χ2v) is 5.26. The molecule has 1 aromatic carbocycles. The predicted molar refractivity (Wildman–Crippen MR) is 71.9 cm³/mol. The summed E-state index contributed by atoms with van der Waals surface area (Å²) in [6, 6.07) is 9.85. The number of aliphatic carboxylic acids is 1. The van der Waals surface area contributed by atoms with Crippen LogP contribution in [0.25, 0.3) is 11.0 Å². The lowest BCUT2D eigenvalue weighted by molar-refractivity contribution is -0.138. The first-order valence-electron chi connectivity index (χ1n) is 6.62. The number of para-hydroxylation sites is 1. The number of hydrogen-bond donors (Lipinski definition) is 1. The van der Waals surface area contributed by atoms with Gasteiger partial charge in [-0.1, -0.05) is 18.2 Å². The Kier molecular flexibility index (Phi) is 3.25. The Bertz CT molecular complexity index is 553. The molecule has 0 atom stereocenters. The summed E-state index contributed by atoms with van der Waals surface area (Å²) in [7, 11) is 0. The van der Waals surface area contributed by atoms with Gasteiger partial charge in [-0.05, 0) is 30.9 Å². The number of furan rings is 1. The van der Waals surface area contributed by atoms with Crippen molar-refractivity contribution in [2.24, 2.45) is 5.92 Å². The quantitative estimate of drug-likeness (QED) is 0.866. The Balaban J connectivity index is 1.73. The van der Waals surface area contributed by atoms with Gasteiger partial charge < -0.3 is 9.52 Å². The minimum absolute atomic E-state index is 0.0769. The molecular weight excluding hydrogens is 242 g/mol. The van der Waals surface area contributed by atoms with Crippen LogP contribution in [0.15, 0.2) is 34.7 Å². The maximum atomic E-state index is 10.9. The van der Waals surface area contributed by atoms with Gasteiger partial charge in [-0.2, -0.15) is 0 Å². The van der Waals surface area contributed by atoms with E-state index >= 15 is 0 Å². The van der Waals surface area contributed by atoms with Crippen LogP contribution in [-0.2, 0) is 11.3 Å². The number of hydrogen-bond acceptors (Lipinski definition) is 3. The summed E-state index contributed by atoms with van der Waals surface area (Å²) in [6.45, 7) is 1.49. The summed E-state index contributed by atoms with van der Waals surface area (Å²) in [4.78, 5) is 12.9. The molecule has 2 aromatic rings. The lowest BCUT2D eigenvalue weighted by atomic mass is 10.2. The Morgan fingerprint density at radius 2 is 2.16 bits per heavy atom. The van der Waals surface area contributed by atoms with Crippen molar-refractivity contribution in [2.45, 2.75) is 19.4 Å². The van der Waals surface area contributed by atoms with E-state index in [0.29, 0.717) is 12.5 Å². The molecule has 1 fully saturated rings.